The maximum atomic E-state index is 10.2. The van der Waals surface area contributed by atoms with E-state index in [1.807, 2.05) is 42.5 Å². The van der Waals surface area contributed by atoms with Gasteiger partial charge in [-0.15, -0.1) is 0 Å². The van der Waals surface area contributed by atoms with Gasteiger partial charge in [-0.3, -0.25) is 0 Å². The van der Waals surface area contributed by atoms with Gasteiger partial charge in [-0.2, -0.15) is 0 Å². The number of benzene rings is 2. The van der Waals surface area contributed by atoms with Gasteiger partial charge in [0.1, 0.15) is 11.5 Å². The van der Waals surface area contributed by atoms with Gasteiger partial charge >= 0.3 is 0 Å². The van der Waals surface area contributed by atoms with Crippen molar-refractivity contribution in [1.82, 2.24) is 0 Å². The first-order valence-corrected chi connectivity index (χ1v) is 10.9. The molecule has 1 N–H and O–H groups in total. The van der Waals surface area contributed by atoms with Crippen LogP contribution in [-0.2, 0) is 0 Å². The van der Waals surface area contributed by atoms with Gasteiger partial charge in [0, 0.05) is 5.56 Å². The summed E-state index contributed by atoms with van der Waals surface area (Å²) in [7, 11) is -1.96. The highest BCUT2D eigenvalue weighted by molar-refractivity contribution is 6.74. The molecule has 0 saturated carbocycles. The van der Waals surface area contributed by atoms with Crippen LogP contribution in [-0.4, -0.2) is 13.4 Å². The van der Waals surface area contributed by atoms with Crippen molar-refractivity contribution in [2.75, 3.05) is 0 Å². The fourth-order valence-corrected chi connectivity index (χ4v) is 3.54. The summed E-state index contributed by atoms with van der Waals surface area (Å²) in [5, 5.41) is 10.3. The van der Waals surface area contributed by atoms with E-state index in [2.05, 4.69) is 33.9 Å². The maximum Gasteiger partial charge on any atom is 0.250 e. The fourth-order valence-electron chi connectivity index (χ4n) is 2.51. The summed E-state index contributed by atoms with van der Waals surface area (Å²) in [5.41, 5.74) is 2.71. The molecule has 0 spiro atoms. The Morgan fingerprint density at radius 3 is 2.43 bits per heavy atom. The molecule has 2 aromatic carbocycles. The number of aliphatic hydroxyl groups excluding tert-OH is 1. The zero-order valence-corrected chi connectivity index (χ0v) is 15.4. The van der Waals surface area contributed by atoms with Crippen LogP contribution in [0, 0.1) is 0 Å². The molecule has 122 valence electrons. The largest absolute Gasteiger partial charge is 0.543 e. The molecule has 1 aliphatic heterocycles. The van der Waals surface area contributed by atoms with Crippen molar-refractivity contribution in [3.05, 3.63) is 48.0 Å². The van der Waals surface area contributed by atoms with E-state index in [0.29, 0.717) is 5.75 Å². The second kappa shape index (κ2) is 5.39. The van der Waals surface area contributed by atoms with Crippen LogP contribution in [0.4, 0.5) is 0 Å². The van der Waals surface area contributed by atoms with Gasteiger partial charge in [-0.25, -0.2) is 0 Å². The molecule has 23 heavy (non-hydrogen) atoms. The third kappa shape index (κ3) is 2.77. The second-order valence-corrected chi connectivity index (χ2v) is 12.3. The molecule has 1 heterocycles. The second-order valence-electron chi connectivity index (χ2n) is 7.55. The lowest BCUT2D eigenvalue weighted by atomic mass is 9.95. The van der Waals surface area contributed by atoms with Gasteiger partial charge in [0.05, 0.1) is 5.56 Å². The van der Waals surface area contributed by atoms with Crippen LogP contribution in [0.3, 0.4) is 0 Å². The number of rotatable bonds is 2. The highest BCUT2D eigenvalue weighted by Crippen LogP contribution is 2.48. The minimum Gasteiger partial charge on any atom is -0.543 e. The van der Waals surface area contributed by atoms with Crippen molar-refractivity contribution in [2.45, 2.75) is 45.2 Å². The lowest BCUT2D eigenvalue weighted by Gasteiger charge is -2.38. The first kappa shape index (κ1) is 16.1. The molecule has 0 amide bonds. The number of hydrogen-bond acceptors (Lipinski definition) is 3. The Hall–Kier alpha value is -1.78. The number of aliphatic hydroxyl groups is 1. The van der Waals surface area contributed by atoms with Crippen LogP contribution in [0.2, 0.25) is 18.1 Å². The van der Waals surface area contributed by atoms with Gasteiger partial charge < -0.3 is 14.3 Å². The Morgan fingerprint density at radius 2 is 1.74 bits per heavy atom. The minimum absolute atomic E-state index is 0.115. The lowest BCUT2D eigenvalue weighted by molar-refractivity contribution is -0.0213. The zero-order chi connectivity index (χ0) is 16.8. The summed E-state index contributed by atoms with van der Waals surface area (Å²) in [4.78, 5) is 0. The summed E-state index contributed by atoms with van der Waals surface area (Å²) >= 11 is 0. The van der Waals surface area contributed by atoms with Gasteiger partial charge in [0.15, 0.2) is 0 Å². The summed E-state index contributed by atoms with van der Waals surface area (Å²) in [5.74, 6) is 1.51. The van der Waals surface area contributed by atoms with Crippen LogP contribution in [0.25, 0.3) is 11.1 Å². The smallest absolute Gasteiger partial charge is 0.250 e. The average Bonchev–Trinajstić information content (AvgIpc) is 2.46. The molecule has 0 aromatic heterocycles. The predicted octanol–water partition coefficient (Wildman–Crippen LogP) is 5.12. The molecule has 0 radical (unpaired) electrons. The Bertz CT molecular complexity index is 732. The molecule has 4 heteroatoms. The molecular formula is C19H24O3Si. The quantitative estimate of drug-likeness (QED) is 0.778. The standard InChI is InChI=1S/C19H24O3Si/c1-19(2,3)23(4,5)22-16-12-8-11-15-17(16)13-9-6-7-10-14(13)18(20)21-15/h6-12,18,20H,1-5H3. The first-order valence-electron chi connectivity index (χ1n) is 7.97. The third-order valence-corrected chi connectivity index (χ3v) is 9.24. The summed E-state index contributed by atoms with van der Waals surface area (Å²) in [6.45, 7) is 11.1. The number of hydrogen-bond donors (Lipinski definition) is 1. The summed E-state index contributed by atoms with van der Waals surface area (Å²) < 4.78 is 12.2. The van der Waals surface area contributed by atoms with E-state index in [1.165, 1.54) is 0 Å². The predicted molar refractivity (Wildman–Crippen MR) is 95.3 cm³/mol. The number of fused-ring (bicyclic) bond motifs is 3. The van der Waals surface area contributed by atoms with E-state index in [9.17, 15) is 5.11 Å². The van der Waals surface area contributed by atoms with Crippen LogP contribution >= 0.6 is 0 Å². The maximum absolute atomic E-state index is 10.2. The molecule has 0 bridgehead atoms. The van der Waals surface area contributed by atoms with Crippen molar-refractivity contribution < 1.29 is 14.3 Å². The molecular weight excluding hydrogens is 304 g/mol. The van der Waals surface area contributed by atoms with Gasteiger partial charge in [0.25, 0.3) is 8.32 Å². The van der Waals surface area contributed by atoms with Crippen LogP contribution in [0.15, 0.2) is 42.5 Å². The van der Waals surface area contributed by atoms with Crippen molar-refractivity contribution in [3.8, 4) is 22.6 Å². The Balaban J connectivity index is 2.13. The topological polar surface area (TPSA) is 38.7 Å². The molecule has 3 nitrogen and oxygen atoms in total. The average molecular weight is 328 g/mol. The van der Waals surface area contributed by atoms with E-state index in [-0.39, 0.29) is 5.04 Å². The van der Waals surface area contributed by atoms with Gasteiger partial charge in [-0.05, 0) is 35.8 Å². The molecule has 1 atom stereocenters. The minimum atomic E-state index is -1.96. The molecule has 1 unspecified atom stereocenters. The Labute approximate surface area is 139 Å². The lowest BCUT2D eigenvalue weighted by Crippen LogP contribution is -2.44. The Kier molecular flexibility index (Phi) is 3.77. The van der Waals surface area contributed by atoms with E-state index in [0.717, 1.165) is 22.4 Å². The van der Waals surface area contributed by atoms with E-state index in [1.54, 1.807) is 0 Å². The van der Waals surface area contributed by atoms with Crippen LogP contribution in [0.1, 0.15) is 32.6 Å². The monoisotopic (exact) mass is 328 g/mol. The number of ether oxygens (including phenoxy) is 1. The molecule has 0 aliphatic carbocycles. The fraction of sp³-hybridized carbons (Fsp3) is 0.368. The van der Waals surface area contributed by atoms with Gasteiger partial charge in [0.2, 0.25) is 6.29 Å². The van der Waals surface area contributed by atoms with E-state index in [4.69, 9.17) is 9.16 Å². The van der Waals surface area contributed by atoms with Gasteiger partial charge in [-0.1, -0.05) is 51.1 Å². The van der Waals surface area contributed by atoms with Crippen molar-refractivity contribution >= 4 is 8.32 Å². The SMILES string of the molecule is CC(C)(C)[Si](C)(C)Oc1cccc2c1-c1ccccc1C(O)O2. The van der Waals surface area contributed by atoms with Crippen molar-refractivity contribution in [1.29, 1.82) is 0 Å². The molecule has 2 aromatic rings. The van der Waals surface area contributed by atoms with Crippen LogP contribution in [0.5, 0.6) is 11.5 Å². The zero-order valence-electron chi connectivity index (χ0n) is 14.4. The van der Waals surface area contributed by atoms with E-state index < -0.39 is 14.6 Å². The van der Waals surface area contributed by atoms with E-state index >= 15 is 0 Å². The highest BCUT2D eigenvalue weighted by atomic mass is 28.4. The molecule has 1 aliphatic rings. The van der Waals surface area contributed by atoms with Crippen molar-refractivity contribution in [2.24, 2.45) is 0 Å². The van der Waals surface area contributed by atoms with Crippen molar-refractivity contribution in [3.63, 3.8) is 0 Å². The van der Waals surface area contributed by atoms with Crippen LogP contribution < -0.4 is 9.16 Å². The first-order chi connectivity index (χ1) is 10.7. The molecule has 3 rings (SSSR count). The third-order valence-electron chi connectivity index (χ3n) is 4.89. The molecule has 0 saturated heterocycles. The molecule has 0 fully saturated rings. The Morgan fingerprint density at radius 1 is 1.04 bits per heavy atom. The summed E-state index contributed by atoms with van der Waals surface area (Å²) in [6.07, 6.45) is -0.929. The highest BCUT2D eigenvalue weighted by Gasteiger charge is 2.40. The normalized spacial score (nSPS) is 17.0. The summed E-state index contributed by atoms with van der Waals surface area (Å²) in [6, 6.07) is 13.6.